The highest BCUT2D eigenvalue weighted by atomic mass is 16.5. The Morgan fingerprint density at radius 2 is 2.13 bits per heavy atom. The summed E-state index contributed by atoms with van der Waals surface area (Å²) >= 11 is 0. The van der Waals surface area contributed by atoms with Crippen LogP contribution in [-0.4, -0.2) is 77.1 Å². The van der Waals surface area contributed by atoms with E-state index in [1.807, 2.05) is 7.05 Å². The van der Waals surface area contributed by atoms with Crippen molar-refractivity contribution in [1.29, 1.82) is 0 Å². The van der Waals surface area contributed by atoms with Gasteiger partial charge in [-0.05, 0) is 52.1 Å². The number of aliphatic imine (C=N–C) groups is 1. The topological polar surface area (TPSA) is 58.1 Å². The molecule has 0 aromatic heterocycles. The van der Waals surface area contributed by atoms with E-state index < -0.39 is 0 Å². The van der Waals surface area contributed by atoms with E-state index in [0.717, 1.165) is 57.6 Å². The second-order valence-corrected chi connectivity index (χ2v) is 6.81. The number of ether oxygens (including phenoxy) is 2. The Hall–Kier alpha value is -0.850. The van der Waals surface area contributed by atoms with Gasteiger partial charge < -0.3 is 25.0 Å². The van der Waals surface area contributed by atoms with Crippen molar-refractivity contribution in [2.24, 2.45) is 10.9 Å². The molecule has 6 heteroatoms. The number of nitrogens with zero attached hydrogens (tertiary/aromatic N) is 2. The van der Waals surface area contributed by atoms with Gasteiger partial charge in [0, 0.05) is 39.4 Å². The Balaban J connectivity index is 1.50. The molecule has 0 amide bonds. The Morgan fingerprint density at radius 3 is 2.74 bits per heavy atom. The maximum atomic E-state index is 5.67. The molecule has 134 valence electrons. The minimum atomic E-state index is 0.322. The molecule has 1 aliphatic carbocycles. The van der Waals surface area contributed by atoms with Crippen molar-refractivity contribution >= 4 is 5.96 Å². The van der Waals surface area contributed by atoms with Crippen LogP contribution in [0.1, 0.15) is 32.1 Å². The van der Waals surface area contributed by atoms with Gasteiger partial charge in [0.15, 0.2) is 5.96 Å². The number of likely N-dealkylation sites (N-methyl/N-ethyl adjacent to an activating group) is 1. The predicted molar refractivity (Wildman–Crippen MR) is 94.0 cm³/mol. The second-order valence-electron chi connectivity index (χ2n) is 6.81. The summed E-state index contributed by atoms with van der Waals surface area (Å²) in [4.78, 5) is 6.61. The fraction of sp³-hybridized carbons (Fsp3) is 0.941. The molecule has 0 aromatic carbocycles. The summed E-state index contributed by atoms with van der Waals surface area (Å²) in [6, 6.07) is 0.600. The van der Waals surface area contributed by atoms with E-state index in [-0.39, 0.29) is 0 Å². The van der Waals surface area contributed by atoms with Crippen molar-refractivity contribution in [2.45, 2.75) is 44.2 Å². The molecule has 1 saturated heterocycles. The number of guanidine groups is 1. The summed E-state index contributed by atoms with van der Waals surface area (Å²) in [6.07, 6.45) is 6.34. The summed E-state index contributed by atoms with van der Waals surface area (Å²) in [5, 5.41) is 6.80. The molecule has 0 bridgehead atoms. The van der Waals surface area contributed by atoms with Crippen molar-refractivity contribution in [3.05, 3.63) is 0 Å². The summed E-state index contributed by atoms with van der Waals surface area (Å²) in [7, 11) is 6.14. The molecule has 2 aliphatic rings. The van der Waals surface area contributed by atoms with Crippen LogP contribution >= 0.6 is 0 Å². The molecular weight excluding hydrogens is 292 g/mol. The van der Waals surface area contributed by atoms with Crippen LogP contribution in [0.2, 0.25) is 0 Å². The highest BCUT2D eigenvalue weighted by molar-refractivity contribution is 5.79. The lowest BCUT2D eigenvalue weighted by molar-refractivity contribution is 0.0168. The average molecular weight is 326 g/mol. The van der Waals surface area contributed by atoms with E-state index in [1.165, 1.54) is 19.3 Å². The third-order valence-electron chi connectivity index (χ3n) is 4.62. The lowest BCUT2D eigenvalue weighted by atomic mass is 10.1. The minimum Gasteiger partial charge on any atom is -0.379 e. The summed E-state index contributed by atoms with van der Waals surface area (Å²) < 4.78 is 11.2. The van der Waals surface area contributed by atoms with Crippen LogP contribution in [0, 0.1) is 5.92 Å². The molecule has 2 rings (SSSR count). The van der Waals surface area contributed by atoms with Gasteiger partial charge in [-0.25, -0.2) is 0 Å². The largest absolute Gasteiger partial charge is 0.379 e. The van der Waals surface area contributed by atoms with Crippen LogP contribution < -0.4 is 10.6 Å². The second kappa shape index (κ2) is 10.1. The van der Waals surface area contributed by atoms with Crippen molar-refractivity contribution in [3.8, 4) is 0 Å². The van der Waals surface area contributed by atoms with Gasteiger partial charge in [-0.15, -0.1) is 0 Å². The third kappa shape index (κ3) is 7.06. The van der Waals surface area contributed by atoms with Crippen molar-refractivity contribution in [3.63, 3.8) is 0 Å². The number of hydrogen-bond acceptors (Lipinski definition) is 4. The molecule has 2 N–H and O–H groups in total. The lowest BCUT2D eigenvalue weighted by Gasteiger charge is -2.25. The molecule has 2 fully saturated rings. The first-order valence-corrected chi connectivity index (χ1v) is 9.01. The molecule has 1 heterocycles. The Morgan fingerprint density at radius 1 is 1.30 bits per heavy atom. The quantitative estimate of drug-likeness (QED) is 0.357. The van der Waals surface area contributed by atoms with E-state index in [2.05, 4.69) is 34.6 Å². The van der Waals surface area contributed by atoms with Crippen LogP contribution in [0.25, 0.3) is 0 Å². The smallest absolute Gasteiger partial charge is 0.191 e. The van der Waals surface area contributed by atoms with Gasteiger partial charge in [0.1, 0.15) is 0 Å². The van der Waals surface area contributed by atoms with Crippen LogP contribution in [-0.2, 0) is 9.47 Å². The molecular formula is C17H34N4O2. The Labute approximate surface area is 141 Å². The predicted octanol–water partition coefficient (Wildman–Crippen LogP) is 1.08. The van der Waals surface area contributed by atoms with Crippen molar-refractivity contribution in [1.82, 2.24) is 15.5 Å². The zero-order chi connectivity index (χ0) is 16.5. The van der Waals surface area contributed by atoms with E-state index >= 15 is 0 Å². The molecule has 23 heavy (non-hydrogen) atoms. The van der Waals surface area contributed by atoms with Crippen molar-refractivity contribution < 1.29 is 9.47 Å². The van der Waals surface area contributed by atoms with Gasteiger partial charge in [-0.3, -0.25) is 4.99 Å². The van der Waals surface area contributed by atoms with E-state index in [0.29, 0.717) is 12.1 Å². The van der Waals surface area contributed by atoms with Crippen LogP contribution in [0.3, 0.4) is 0 Å². The van der Waals surface area contributed by atoms with E-state index in [1.54, 1.807) is 0 Å². The van der Waals surface area contributed by atoms with Gasteiger partial charge in [0.2, 0.25) is 0 Å². The first-order valence-electron chi connectivity index (χ1n) is 9.01. The molecule has 1 saturated carbocycles. The zero-order valence-corrected chi connectivity index (χ0v) is 15.0. The third-order valence-corrected chi connectivity index (χ3v) is 4.62. The molecule has 0 aromatic rings. The van der Waals surface area contributed by atoms with Crippen LogP contribution in [0.15, 0.2) is 4.99 Å². The Bertz CT molecular complexity index is 351. The molecule has 0 radical (unpaired) electrons. The van der Waals surface area contributed by atoms with Crippen LogP contribution in [0.5, 0.6) is 0 Å². The summed E-state index contributed by atoms with van der Waals surface area (Å²) in [6.45, 7) is 4.23. The Kier molecular flexibility index (Phi) is 8.12. The maximum absolute atomic E-state index is 5.67. The normalized spacial score (nSPS) is 23.3. The highest BCUT2D eigenvalue weighted by Crippen LogP contribution is 2.34. The molecule has 6 nitrogen and oxygen atoms in total. The zero-order valence-electron chi connectivity index (χ0n) is 15.0. The van der Waals surface area contributed by atoms with Gasteiger partial charge in [0.25, 0.3) is 0 Å². The lowest BCUT2D eigenvalue weighted by Crippen LogP contribution is -2.46. The van der Waals surface area contributed by atoms with Gasteiger partial charge in [-0.1, -0.05) is 0 Å². The fourth-order valence-corrected chi connectivity index (χ4v) is 3.05. The van der Waals surface area contributed by atoms with Gasteiger partial charge in [0.05, 0.1) is 12.7 Å². The minimum absolute atomic E-state index is 0.322. The first-order chi connectivity index (χ1) is 11.2. The first kappa shape index (κ1) is 18.5. The standard InChI is InChI=1S/C17H34N4O2/c1-18-17(20-12-16(21(2)3)14-7-8-14)19-9-5-10-22-13-15-6-4-11-23-15/h14-16H,4-13H2,1-3H3,(H2,18,19,20). The highest BCUT2D eigenvalue weighted by Gasteiger charge is 2.32. The van der Waals surface area contributed by atoms with Crippen molar-refractivity contribution in [2.75, 3.05) is 54.1 Å². The average Bonchev–Trinajstić information content (AvgIpc) is 3.23. The summed E-state index contributed by atoms with van der Waals surface area (Å²) in [5.41, 5.74) is 0. The van der Waals surface area contributed by atoms with Gasteiger partial charge in [-0.2, -0.15) is 0 Å². The van der Waals surface area contributed by atoms with E-state index in [4.69, 9.17) is 9.47 Å². The summed E-state index contributed by atoms with van der Waals surface area (Å²) in [5.74, 6) is 1.73. The molecule has 0 spiro atoms. The molecule has 1 aliphatic heterocycles. The SMILES string of the molecule is CN=C(NCCCOCC1CCCO1)NCC(C1CC1)N(C)C. The molecule has 2 unspecified atom stereocenters. The number of nitrogens with one attached hydrogen (secondary N) is 2. The number of hydrogen-bond donors (Lipinski definition) is 2. The van der Waals surface area contributed by atoms with E-state index in [9.17, 15) is 0 Å². The number of rotatable bonds is 10. The fourth-order valence-electron chi connectivity index (χ4n) is 3.05. The molecule has 2 atom stereocenters. The maximum Gasteiger partial charge on any atom is 0.191 e. The monoisotopic (exact) mass is 326 g/mol. The van der Waals surface area contributed by atoms with Crippen LogP contribution in [0.4, 0.5) is 0 Å². The van der Waals surface area contributed by atoms with Gasteiger partial charge >= 0.3 is 0 Å².